The summed E-state index contributed by atoms with van der Waals surface area (Å²) in [6.07, 6.45) is 0. The van der Waals surface area contributed by atoms with Crippen molar-refractivity contribution in [1.29, 1.82) is 0 Å². The van der Waals surface area contributed by atoms with Crippen molar-refractivity contribution < 1.29 is 8.83 Å². The third-order valence-corrected chi connectivity index (χ3v) is 8.47. The van der Waals surface area contributed by atoms with Gasteiger partial charge in [0.05, 0.1) is 0 Å². The summed E-state index contributed by atoms with van der Waals surface area (Å²) in [6.45, 7) is 0. The molecule has 0 aliphatic rings. The highest BCUT2D eigenvalue weighted by Crippen LogP contribution is 2.41. The molecule has 0 aliphatic carbocycles. The van der Waals surface area contributed by atoms with Crippen LogP contribution in [0.3, 0.4) is 0 Å². The topological polar surface area (TPSA) is 42.4 Å². The smallest absolute Gasteiger partial charge is 0.227 e. The Morgan fingerprint density at radius 2 is 1.02 bits per heavy atom. The molecule has 2 heterocycles. The number of anilines is 3. The van der Waals surface area contributed by atoms with Gasteiger partial charge in [0.2, 0.25) is 5.89 Å². The van der Waals surface area contributed by atoms with Crippen LogP contribution < -0.4 is 4.90 Å². The van der Waals surface area contributed by atoms with E-state index in [2.05, 4.69) is 120 Å². The molecule has 0 saturated carbocycles. The van der Waals surface area contributed by atoms with Gasteiger partial charge < -0.3 is 13.7 Å². The minimum atomic E-state index is 0.602. The Hall–Kier alpha value is -6.13. The van der Waals surface area contributed by atoms with Crippen LogP contribution in [0.4, 0.5) is 17.1 Å². The van der Waals surface area contributed by atoms with Gasteiger partial charge in [-0.2, -0.15) is 0 Å². The number of hydrogen-bond donors (Lipinski definition) is 0. The summed E-state index contributed by atoms with van der Waals surface area (Å²) in [5.41, 5.74) is 9.62. The van der Waals surface area contributed by atoms with Crippen LogP contribution in [0.5, 0.6) is 0 Å². The second kappa shape index (κ2) is 10.2. The average Bonchev–Trinajstić information content (AvgIpc) is 3.69. The maximum absolute atomic E-state index is 6.34. The summed E-state index contributed by atoms with van der Waals surface area (Å²) in [7, 11) is 0. The van der Waals surface area contributed by atoms with Crippen LogP contribution >= 0.6 is 0 Å². The van der Waals surface area contributed by atoms with Gasteiger partial charge in [-0.15, -0.1) is 0 Å². The Morgan fingerprint density at radius 1 is 0.400 bits per heavy atom. The van der Waals surface area contributed by atoms with Crippen LogP contribution in [0.15, 0.2) is 167 Å². The lowest BCUT2D eigenvalue weighted by Crippen LogP contribution is -2.09. The molecule has 0 radical (unpaired) electrons. The van der Waals surface area contributed by atoms with Gasteiger partial charge in [0.1, 0.15) is 16.7 Å². The Labute approximate surface area is 259 Å². The fraction of sp³-hybridized carbons (Fsp3) is 0. The standard InChI is InChI=1S/C41H26N2O2/c1-3-9-27(10-4-1)29-15-18-32(19-16-29)43(33-20-17-28-11-7-8-14-31(28)23-33)34-21-22-38-35(24-34)36-25-37-40(26-39(36)44-38)45-41(42-37)30-12-5-2-6-13-30/h1-26H. The zero-order valence-electron chi connectivity index (χ0n) is 24.2. The third kappa shape index (κ3) is 4.43. The first-order chi connectivity index (χ1) is 22.3. The fourth-order valence-corrected chi connectivity index (χ4v) is 6.23. The van der Waals surface area contributed by atoms with Crippen LogP contribution in [0.2, 0.25) is 0 Å². The zero-order chi connectivity index (χ0) is 29.7. The highest BCUT2D eigenvalue weighted by atomic mass is 16.4. The molecule has 0 spiro atoms. The molecular formula is C41H26N2O2. The van der Waals surface area contributed by atoms with E-state index in [-0.39, 0.29) is 0 Å². The van der Waals surface area contributed by atoms with E-state index in [1.165, 1.54) is 21.9 Å². The maximum atomic E-state index is 6.34. The van der Waals surface area contributed by atoms with Crippen molar-refractivity contribution in [2.45, 2.75) is 0 Å². The van der Waals surface area contributed by atoms with Crippen molar-refractivity contribution in [3.8, 4) is 22.6 Å². The van der Waals surface area contributed by atoms with Gasteiger partial charge in [0.15, 0.2) is 5.58 Å². The molecule has 4 nitrogen and oxygen atoms in total. The Morgan fingerprint density at radius 3 is 1.82 bits per heavy atom. The molecule has 0 saturated heterocycles. The molecular weight excluding hydrogens is 552 g/mol. The van der Waals surface area contributed by atoms with E-state index >= 15 is 0 Å². The monoisotopic (exact) mass is 578 g/mol. The Kier molecular flexibility index (Phi) is 5.78. The molecule has 0 bridgehead atoms. The van der Waals surface area contributed by atoms with Crippen LogP contribution in [-0.4, -0.2) is 4.98 Å². The van der Waals surface area contributed by atoms with Crippen molar-refractivity contribution in [2.75, 3.05) is 4.90 Å². The van der Waals surface area contributed by atoms with Crippen LogP contribution in [0.1, 0.15) is 0 Å². The molecule has 45 heavy (non-hydrogen) atoms. The van der Waals surface area contributed by atoms with Gasteiger partial charge >= 0.3 is 0 Å². The Balaban J connectivity index is 1.20. The number of benzene rings is 7. The summed E-state index contributed by atoms with van der Waals surface area (Å²) in [5, 5.41) is 4.44. The first-order valence-electron chi connectivity index (χ1n) is 15.0. The molecule has 0 atom stereocenters. The number of nitrogens with zero attached hydrogens (tertiary/aromatic N) is 2. The van der Waals surface area contributed by atoms with Crippen LogP contribution in [0, 0.1) is 0 Å². The maximum Gasteiger partial charge on any atom is 0.227 e. The van der Waals surface area contributed by atoms with E-state index in [0.717, 1.165) is 50.1 Å². The SMILES string of the molecule is c1ccc(-c2ccc(N(c3ccc4ccccc4c3)c3ccc4oc5cc6oc(-c7ccccc7)nc6cc5c4c3)cc2)cc1. The van der Waals surface area contributed by atoms with E-state index < -0.39 is 0 Å². The third-order valence-electron chi connectivity index (χ3n) is 8.47. The molecule has 2 aromatic heterocycles. The summed E-state index contributed by atoms with van der Waals surface area (Å²) in [5.74, 6) is 0.602. The predicted molar refractivity (Wildman–Crippen MR) is 184 cm³/mol. The van der Waals surface area contributed by atoms with Crippen molar-refractivity contribution in [3.05, 3.63) is 158 Å². The van der Waals surface area contributed by atoms with Gasteiger partial charge in [-0.1, -0.05) is 91.0 Å². The lowest BCUT2D eigenvalue weighted by Gasteiger charge is -2.26. The molecule has 0 fully saturated rings. The molecule has 0 aliphatic heterocycles. The molecule has 0 N–H and O–H groups in total. The van der Waals surface area contributed by atoms with E-state index in [1.54, 1.807) is 0 Å². The van der Waals surface area contributed by atoms with Gasteiger partial charge in [-0.05, 0) is 82.6 Å². The van der Waals surface area contributed by atoms with Crippen molar-refractivity contribution >= 4 is 60.9 Å². The van der Waals surface area contributed by atoms with E-state index in [9.17, 15) is 0 Å². The van der Waals surface area contributed by atoms with Crippen molar-refractivity contribution in [2.24, 2.45) is 0 Å². The van der Waals surface area contributed by atoms with Crippen molar-refractivity contribution in [3.63, 3.8) is 0 Å². The highest BCUT2D eigenvalue weighted by molar-refractivity contribution is 6.10. The number of oxazole rings is 1. The number of hydrogen-bond acceptors (Lipinski definition) is 4. The van der Waals surface area contributed by atoms with E-state index in [1.807, 2.05) is 42.5 Å². The first kappa shape index (κ1) is 25.4. The van der Waals surface area contributed by atoms with Crippen LogP contribution in [-0.2, 0) is 0 Å². The molecule has 9 rings (SSSR count). The van der Waals surface area contributed by atoms with Gasteiger partial charge in [-0.25, -0.2) is 4.98 Å². The summed E-state index contributed by atoms with van der Waals surface area (Å²) in [6, 6.07) is 54.7. The van der Waals surface area contributed by atoms with Crippen molar-refractivity contribution in [1.82, 2.24) is 4.98 Å². The molecule has 0 unspecified atom stereocenters. The van der Waals surface area contributed by atoms with Gasteiger partial charge in [0.25, 0.3) is 0 Å². The molecule has 9 aromatic rings. The first-order valence-corrected chi connectivity index (χ1v) is 15.0. The lowest BCUT2D eigenvalue weighted by atomic mass is 10.0. The van der Waals surface area contributed by atoms with E-state index in [4.69, 9.17) is 13.8 Å². The number of aromatic nitrogens is 1. The molecule has 0 amide bonds. The Bertz CT molecular complexity index is 2480. The largest absolute Gasteiger partial charge is 0.456 e. The van der Waals surface area contributed by atoms with Gasteiger partial charge in [0, 0.05) is 39.5 Å². The minimum Gasteiger partial charge on any atom is -0.456 e. The fourth-order valence-electron chi connectivity index (χ4n) is 6.23. The zero-order valence-corrected chi connectivity index (χ0v) is 24.2. The van der Waals surface area contributed by atoms with E-state index in [0.29, 0.717) is 11.5 Å². The average molecular weight is 579 g/mol. The summed E-state index contributed by atoms with van der Waals surface area (Å²) >= 11 is 0. The predicted octanol–water partition coefficient (Wildman–Crippen LogP) is 11.7. The number of rotatable bonds is 5. The minimum absolute atomic E-state index is 0.602. The number of furan rings is 1. The second-order valence-electron chi connectivity index (χ2n) is 11.3. The second-order valence-corrected chi connectivity index (χ2v) is 11.3. The quantitative estimate of drug-likeness (QED) is 0.204. The molecule has 212 valence electrons. The normalized spacial score (nSPS) is 11.6. The molecule has 4 heteroatoms. The summed E-state index contributed by atoms with van der Waals surface area (Å²) < 4.78 is 12.5. The van der Waals surface area contributed by atoms with Gasteiger partial charge in [-0.3, -0.25) is 0 Å². The highest BCUT2D eigenvalue weighted by Gasteiger charge is 2.18. The lowest BCUT2D eigenvalue weighted by molar-refractivity contribution is 0.617. The molecule has 7 aromatic carbocycles. The number of fused-ring (bicyclic) bond motifs is 5. The summed E-state index contributed by atoms with van der Waals surface area (Å²) in [4.78, 5) is 7.12. The van der Waals surface area contributed by atoms with Crippen LogP contribution in [0.25, 0.3) is 66.4 Å².